The maximum Gasteiger partial charge on any atom is 0.500 e. The molecule has 0 saturated heterocycles. The van der Waals surface area contributed by atoms with Gasteiger partial charge in [-0.3, -0.25) is 14.5 Å². The summed E-state index contributed by atoms with van der Waals surface area (Å²) in [5.74, 6) is -0.621. The molecule has 138 valence electrons. The molecule has 0 spiro atoms. The molecule has 0 radical (unpaired) electrons. The predicted octanol–water partition coefficient (Wildman–Crippen LogP) is 3.36. The molecule has 2 aromatic rings. The molecule has 1 aliphatic rings. The lowest BCUT2D eigenvalue weighted by Gasteiger charge is -2.29. The highest BCUT2D eigenvalue weighted by Crippen LogP contribution is 2.34. The molecule has 1 aliphatic heterocycles. The molecule has 0 fully saturated rings. The fourth-order valence-electron chi connectivity index (χ4n) is 3.32. The van der Waals surface area contributed by atoms with E-state index in [9.17, 15) is 9.59 Å². The number of carbonyl (C=O) groups excluding carboxylic acids is 2. The van der Waals surface area contributed by atoms with E-state index in [1.807, 2.05) is 6.07 Å². The van der Waals surface area contributed by atoms with Crippen LogP contribution in [0, 0.1) is 0 Å². The Morgan fingerprint density at radius 2 is 1.58 bits per heavy atom. The molecule has 8 heteroatoms. The highest BCUT2D eigenvalue weighted by atomic mass is 35.5. The number of nitrogens with zero attached hydrogens (tertiary/aromatic N) is 1. The molecular weight excluding hydrogens is 374 g/mol. The van der Waals surface area contributed by atoms with Crippen molar-refractivity contribution in [2.45, 2.75) is 12.5 Å². The van der Waals surface area contributed by atoms with Crippen LogP contribution in [0.4, 0.5) is 0 Å². The Bertz CT molecular complexity index is 838. The topological polar surface area (TPSA) is 65.1 Å². The minimum Gasteiger partial charge on any atom is -0.377 e. The Morgan fingerprint density at radius 1 is 0.962 bits per heavy atom. The van der Waals surface area contributed by atoms with Gasteiger partial charge in [0.05, 0.1) is 0 Å². The summed E-state index contributed by atoms with van der Waals surface area (Å²) >= 11 is 6.22. The molecule has 0 aromatic heterocycles. The van der Waals surface area contributed by atoms with Gasteiger partial charge in [-0.15, -0.1) is 0 Å². The molecule has 2 aromatic carbocycles. The van der Waals surface area contributed by atoms with Crippen molar-refractivity contribution < 1.29 is 22.9 Å². The minimum absolute atomic E-state index is 0.265. The van der Waals surface area contributed by atoms with Crippen molar-refractivity contribution >= 4 is 43.0 Å². The Kier molecular flexibility index (Phi) is 5.45. The van der Waals surface area contributed by atoms with Gasteiger partial charge >= 0.3 is 8.80 Å². The number of amides is 2. The summed E-state index contributed by atoms with van der Waals surface area (Å²) < 4.78 is 16.2. The predicted molar refractivity (Wildman–Crippen MR) is 101 cm³/mol. The number of carbonyl (C=O) groups is 2. The number of benzene rings is 2. The Morgan fingerprint density at radius 3 is 2.19 bits per heavy atom. The van der Waals surface area contributed by atoms with Crippen LogP contribution < -0.4 is 0 Å². The molecule has 0 bridgehead atoms. The zero-order valence-corrected chi connectivity index (χ0v) is 16.6. The van der Waals surface area contributed by atoms with Gasteiger partial charge in [-0.25, -0.2) is 0 Å². The third kappa shape index (κ3) is 3.06. The van der Waals surface area contributed by atoms with Gasteiger partial charge in [-0.2, -0.15) is 0 Å². The van der Waals surface area contributed by atoms with E-state index in [1.165, 1.54) is 26.2 Å². The standard InChI is InChI=1S/C18H20ClNO5Si/c1-23-26(24-2,25-3)11-5-10-20-17(21)13-7-4-6-12-15(19)9-8-14(16(12)13)18(20)22/h4,6-9H,5,10-11H2,1-3H3. The molecular formula is C18H20ClNO5Si. The number of imide groups is 1. The van der Waals surface area contributed by atoms with Crippen LogP contribution in [0.25, 0.3) is 10.8 Å². The lowest BCUT2D eigenvalue weighted by atomic mass is 9.94. The van der Waals surface area contributed by atoms with Gasteiger partial charge in [-0.05, 0) is 24.6 Å². The first-order chi connectivity index (χ1) is 12.5. The third-order valence-corrected chi connectivity index (χ3v) is 7.90. The second kappa shape index (κ2) is 7.46. The van der Waals surface area contributed by atoms with Crippen LogP contribution in [0.2, 0.25) is 11.1 Å². The number of halogens is 1. The summed E-state index contributed by atoms with van der Waals surface area (Å²) in [5, 5.41) is 1.86. The number of rotatable bonds is 7. The number of hydrogen-bond acceptors (Lipinski definition) is 5. The van der Waals surface area contributed by atoms with Crippen LogP contribution in [0.5, 0.6) is 0 Å². The van der Waals surface area contributed by atoms with Gasteiger partial charge in [0.1, 0.15) is 0 Å². The van der Waals surface area contributed by atoms with Crippen molar-refractivity contribution in [1.29, 1.82) is 0 Å². The van der Waals surface area contributed by atoms with E-state index >= 15 is 0 Å². The van der Waals surface area contributed by atoms with Crippen LogP contribution in [0.15, 0.2) is 30.3 Å². The average Bonchev–Trinajstić information content (AvgIpc) is 2.67. The normalized spacial score (nSPS) is 14.4. The van der Waals surface area contributed by atoms with Crippen LogP contribution in [-0.4, -0.2) is 53.4 Å². The second-order valence-electron chi connectivity index (χ2n) is 5.98. The summed E-state index contributed by atoms with van der Waals surface area (Å²) in [6, 6.07) is 9.18. The van der Waals surface area contributed by atoms with Crippen LogP contribution in [0.1, 0.15) is 27.1 Å². The van der Waals surface area contributed by atoms with E-state index < -0.39 is 8.80 Å². The monoisotopic (exact) mass is 393 g/mol. The van der Waals surface area contributed by atoms with Crippen molar-refractivity contribution in [3.63, 3.8) is 0 Å². The van der Waals surface area contributed by atoms with E-state index in [-0.39, 0.29) is 18.4 Å². The number of hydrogen-bond donors (Lipinski definition) is 0. The van der Waals surface area contributed by atoms with Gasteiger partial charge in [-0.1, -0.05) is 23.7 Å². The second-order valence-corrected chi connectivity index (χ2v) is 9.48. The van der Waals surface area contributed by atoms with Gasteiger partial charge in [0, 0.05) is 60.8 Å². The highest BCUT2D eigenvalue weighted by molar-refractivity contribution is 6.60. The van der Waals surface area contributed by atoms with Crippen LogP contribution >= 0.6 is 11.6 Å². The average molecular weight is 394 g/mol. The molecule has 26 heavy (non-hydrogen) atoms. The van der Waals surface area contributed by atoms with Gasteiger partial charge < -0.3 is 13.3 Å². The fourth-order valence-corrected chi connectivity index (χ4v) is 5.25. The molecule has 0 saturated carbocycles. The summed E-state index contributed by atoms with van der Waals surface area (Å²) in [6.45, 7) is 0.265. The first kappa shape index (κ1) is 19.0. The molecule has 3 rings (SSSR count). The SMILES string of the molecule is CO[Si](CCCN1C(=O)c2cccc3c(Cl)ccc(c23)C1=O)(OC)OC. The van der Waals surface area contributed by atoms with Crippen molar-refractivity contribution in [2.24, 2.45) is 0 Å². The van der Waals surface area contributed by atoms with Crippen molar-refractivity contribution in [2.75, 3.05) is 27.9 Å². The fraction of sp³-hybridized carbons (Fsp3) is 0.333. The van der Waals surface area contributed by atoms with E-state index in [1.54, 1.807) is 24.3 Å². The maximum absolute atomic E-state index is 12.9. The van der Waals surface area contributed by atoms with Crippen molar-refractivity contribution in [3.8, 4) is 0 Å². The molecule has 0 atom stereocenters. The zero-order chi connectivity index (χ0) is 18.9. The van der Waals surface area contributed by atoms with E-state index in [4.69, 9.17) is 24.9 Å². The molecule has 0 unspecified atom stereocenters. The summed E-state index contributed by atoms with van der Waals surface area (Å²) in [6.07, 6.45) is 0.526. The maximum atomic E-state index is 12.9. The Hall–Kier alpha value is -1.77. The van der Waals surface area contributed by atoms with E-state index in [0.29, 0.717) is 39.4 Å². The van der Waals surface area contributed by atoms with Crippen LogP contribution in [-0.2, 0) is 13.3 Å². The largest absolute Gasteiger partial charge is 0.500 e. The molecule has 0 aliphatic carbocycles. The first-order valence-corrected chi connectivity index (χ1v) is 10.5. The zero-order valence-electron chi connectivity index (χ0n) is 14.9. The van der Waals surface area contributed by atoms with Gasteiger partial charge in [0.2, 0.25) is 0 Å². The van der Waals surface area contributed by atoms with Gasteiger partial charge in [0.25, 0.3) is 11.8 Å². The Labute approximate surface area is 158 Å². The minimum atomic E-state index is -2.74. The van der Waals surface area contributed by atoms with Gasteiger partial charge in [0.15, 0.2) is 0 Å². The molecule has 1 heterocycles. The lowest BCUT2D eigenvalue weighted by molar-refractivity contribution is 0.0604. The molecule has 2 amide bonds. The molecule has 6 nitrogen and oxygen atoms in total. The quantitative estimate of drug-likeness (QED) is 0.533. The Balaban J connectivity index is 1.87. The summed E-state index contributed by atoms with van der Waals surface area (Å²) in [4.78, 5) is 27.0. The van der Waals surface area contributed by atoms with Crippen molar-refractivity contribution in [3.05, 3.63) is 46.5 Å². The van der Waals surface area contributed by atoms with E-state index in [0.717, 1.165) is 0 Å². The molecule has 0 N–H and O–H groups in total. The third-order valence-electron chi connectivity index (χ3n) is 4.74. The van der Waals surface area contributed by atoms with Crippen LogP contribution in [0.3, 0.4) is 0 Å². The highest BCUT2D eigenvalue weighted by Gasteiger charge is 2.38. The smallest absolute Gasteiger partial charge is 0.377 e. The first-order valence-electron chi connectivity index (χ1n) is 8.21. The summed E-state index contributed by atoms with van der Waals surface area (Å²) in [5.41, 5.74) is 0.988. The summed E-state index contributed by atoms with van der Waals surface area (Å²) in [7, 11) is 1.88. The van der Waals surface area contributed by atoms with Crippen molar-refractivity contribution in [1.82, 2.24) is 4.90 Å². The lowest BCUT2D eigenvalue weighted by Crippen LogP contribution is -2.45. The van der Waals surface area contributed by atoms with E-state index in [2.05, 4.69) is 0 Å².